The Morgan fingerprint density at radius 2 is 1.86 bits per heavy atom. The Balaban J connectivity index is 3.17. The summed E-state index contributed by atoms with van der Waals surface area (Å²) in [6.07, 6.45) is 1.44. The molecule has 76 valence electrons. The molecule has 0 radical (unpaired) electrons. The Hall–Kier alpha value is -0.360. The summed E-state index contributed by atoms with van der Waals surface area (Å²) >= 11 is 2.14. The Kier molecular flexibility index (Phi) is 3.71. The molecule has 0 N–H and O–H groups in total. The van der Waals surface area contributed by atoms with Crippen molar-refractivity contribution in [1.29, 1.82) is 0 Å². The van der Waals surface area contributed by atoms with Crippen LogP contribution in [0.2, 0.25) is 0 Å². The summed E-state index contributed by atoms with van der Waals surface area (Å²) < 4.78 is 24.6. The molecule has 0 aliphatic carbocycles. The first-order valence-corrected chi connectivity index (χ1v) is 6.73. The van der Waals surface area contributed by atoms with E-state index in [0.717, 1.165) is 3.57 Å². The molecule has 0 saturated heterocycles. The third kappa shape index (κ3) is 2.36. The summed E-state index contributed by atoms with van der Waals surface area (Å²) in [6, 6.07) is 6.81. The zero-order valence-corrected chi connectivity index (χ0v) is 10.7. The van der Waals surface area contributed by atoms with E-state index in [-0.39, 0.29) is 0 Å². The first-order chi connectivity index (χ1) is 6.48. The smallest absolute Gasteiger partial charge is 0.184 e. The molecule has 1 unspecified atom stereocenters. The van der Waals surface area contributed by atoms with Gasteiger partial charge in [-0.3, -0.25) is 0 Å². The molecule has 0 bridgehead atoms. The van der Waals surface area contributed by atoms with Gasteiger partial charge in [-0.25, -0.2) is 8.42 Å². The summed E-state index contributed by atoms with van der Waals surface area (Å²) in [5.41, 5.74) is 0. The third-order valence-electron chi connectivity index (χ3n) is 1.96. The van der Waals surface area contributed by atoms with Gasteiger partial charge < -0.3 is 0 Å². The molecule has 1 aromatic carbocycles. The van der Waals surface area contributed by atoms with Gasteiger partial charge in [0.05, 0.1) is 10.1 Å². The maximum absolute atomic E-state index is 11.8. The first-order valence-electron chi connectivity index (χ1n) is 4.10. The lowest BCUT2D eigenvalue weighted by atomic mass is 10.4. The average molecular weight is 322 g/mol. The van der Waals surface area contributed by atoms with Crippen LogP contribution in [0, 0.1) is 3.57 Å². The van der Waals surface area contributed by atoms with E-state index in [2.05, 4.69) is 29.2 Å². The lowest BCUT2D eigenvalue weighted by molar-refractivity contribution is 0.591. The van der Waals surface area contributed by atoms with Gasteiger partial charge in [0.1, 0.15) is 0 Å². The number of sulfone groups is 1. The van der Waals surface area contributed by atoms with Crippen LogP contribution >= 0.6 is 22.6 Å². The van der Waals surface area contributed by atoms with E-state index in [9.17, 15) is 8.42 Å². The summed E-state index contributed by atoms with van der Waals surface area (Å²) in [5.74, 6) is 0. The van der Waals surface area contributed by atoms with Crippen LogP contribution in [-0.4, -0.2) is 13.7 Å². The van der Waals surface area contributed by atoms with E-state index in [1.807, 2.05) is 0 Å². The van der Waals surface area contributed by atoms with Crippen LogP contribution in [0.3, 0.4) is 0 Å². The Morgan fingerprint density at radius 3 is 2.29 bits per heavy atom. The fourth-order valence-corrected chi connectivity index (χ4v) is 2.52. The monoisotopic (exact) mass is 322 g/mol. The van der Waals surface area contributed by atoms with E-state index in [4.69, 9.17) is 0 Å². The Morgan fingerprint density at radius 1 is 1.36 bits per heavy atom. The number of benzene rings is 1. The average Bonchev–Trinajstić information content (AvgIpc) is 2.17. The van der Waals surface area contributed by atoms with Gasteiger partial charge in [0, 0.05) is 3.57 Å². The van der Waals surface area contributed by atoms with Gasteiger partial charge in [-0.15, -0.1) is 6.58 Å². The minimum atomic E-state index is -3.23. The maximum atomic E-state index is 11.8. The highest BCUT2D eigenvalue weighted by atomic mass is 127. The van der Waals surface area contributed by atoms with Crippen LogP contribution < -0.4 is 0 Å². The van der Waals surface area contributed by atoms with Crippen molar-refractivity contribution < 1.29 is 8.42 Å². The second kappa shape index (κ2) is 4.44. The molecule has 0 fully saturated rings. The predicted octanol–water partition coefficient (Wildman–Crippen LogP) is 2.64. The van der Waals surface area contributed by atoms with Crippen LogP contribution in [0.4, 0.5) is 0 Å². The zero-order valence-electron chi connectivity index (χ0n) is 7.77. The van der Waals surface area contributed by atoms with Crippen molar-refractivity contribution in [2.75, 3.05) is 0 Å². The number of rotatable bonds is 3. The lowest BCUT2D eigenvalue weighted by Gasteiger charge is -2.08. The highest BCUT2D eigenvalue weighted by molar-refractivity contribution is 14.1. The first kappa shape index (κ1) is 11.7. The van der Waals surface area contributed by atoms with Gasteiger partial charge in [0.25, 0.3) is 0 Å². The minimum Gasteiger partial charge on any atom is -0.223 e. The summed E-state index contributed by atoms with van der Waals surface area (Å²) in [7, 11) is -3.23. The number of halogens is 1. The summed E-state index contributed by atoms with van der Waals surface area (Å²) in [5, 5.41) is -0.539. The predicted molar refractivity (Wildman–Crippen MR) is 66.0 cm³/mol. The molecule has 14 heavy (non-hydrogen) atoms. The standard InChI is InChI=1S/C10H11IO2S/c1-3-8(2)14(12,13)10-6-4-9(11)5-7-10/h3-8H,1H2,2H3. The second-order valence-electron chi connectivity index (χ2n) is 2.94. The van der Waals surface area contributed by atoms with Crippen LogP contribution in [0.1, 0.15) is 6.92 Å². The minimum absolute atomic E-state index is 0.352. The van der Waals surface area contributed by atoms with Crippen molar-refractivity contribution in [3.05, 3.63) is 40.5 Å². The molecule has 0 saturated carbocycles. The molecule has 0 heterocycles. The van der Waals surface area contributed by atoms with Crippen LogP contribution in [0.5, 0.6) is 0 Å². The molecule has 0 aliphatic heterocycles. The molecule has 0 amide bonds. The maximum Gasteiger partial charge on any atom is 0.184 e. The van der Waals surface area contributed by atoms with E-state index in [1.165, 1.54) is 6.08 Å². The molecule has 0 spiro atoms. The van der Waals surface area contributed by atoms with Crippen molar-refractivity contribution >= 4 is 32.4 Å². The quantitative estimate of drug-likeness (QED) is 0.633. The van der Waals surface area contributed by atoms with Crippen LogP contribution in [0.25, 0.3) is 0 Å². The highest BCUT2D eigenvalue weighted by Gasteiger charge is 2.19. The Bertz CT molecular complexity index is 420. The molecule has 4 heteroatoms. The molecular weight excluding hydrogens is 311 g/mol. The third-order valence-corrected chi connectivity index (χ3v) is 4.78. The van der Waals surface area contributed by atoms with Crippen molar-refractivity contribution in [2.45, 2.75) is 17.1 Å². The highest BCUT2D eigenvalue weighted by Crippen LogP contribution is 2.17. The Labute approximate surface area is 98.1 Å². The molecule has 2 nitrogen and oxygen atoms in total. The van der Waals surface area contributed by atoms with Gasteiger partial charge in [0.15, 0.2) is 9.84 Å². The zero-order chi connectivity index (χ0) is 10.8. The SMILES string of the molecule is C=CC(C)S(=O)(=O)c1ccc(I)cc1. The van der Waals surface area contributed by atoms with Crippen molar-refractivity contribution in [1.82, 2.24) is 0 Å². The van der Waals surface area contributed by atoms with Crippen LogP contribution in [-0.2, 0) is 9.84 Å². The van der Waals surface area contributed by atoms with Gasteiger partial charge in [0.2, 0.25) is 0 Å². The van der Waals surface area contributed by atoms with Gasteiger partial charge >= 0.3 is 0 Å². The van der Waals surface area contributed by atoms with Crippen molar-refractivity contribution in [3.63, 3.8) is 0 Å². The lowest BCUT2D eigenvalue weighted by Crippen LogP contribution is -2.14. The molecular formula is C10H11IO2S. The summed E-state index contributed by atoms with van der Waals surface area (Å²) in [4.78, 5) is 0.352. The van der Waals surface area contributed by atoms with E-state index >= 15 is 0 Å². The van der Waals surface area contributed by atoms with Gasteiger partial charge in [-0.1, -0.05) is 6.08 Å². The molecule has 1 aromatic rings. The largest absolute Gasteiger partial charge is 0.223 e. The van der Waals surface area contributed by atoms with E-state index in [0.29, 0.717) is 4.90 Å². The number of hydrogen-bond acceptors (Lipinski definition) is 2. The normalized spacial score (nSPS) is 13.6. The van der Waals surface area contributed by atoms with E-state index in [1.54, 1.807) is 31.2 Å². The summed E-state index contributed by atoms with van der Waals surface area (Å²) in [6.45, 7) is 5.11. The fourth-order valence-electron chi connectivity index (χ4n) is 0.966. The van der Waals surface area contributed by atoms with Crippen molar-refractivity contribution in [2.24, 2.45) is 0 Å². The van der Waals surface area contributed by atoms with Crippen LogP contribution in [0.15, 0.2) is 41.8 Å². The van der Waals surface area contributed by atoms with E-state index < -0.39 is 15.1 Å². The number of hydrogen-bond donors (Lipinski definition) is 0. The fraction of sp³-hybridized carbons (Fsp3) is 0.200. The molecule has 0 aliphatic rings. The van der Waals surface area contributed by atoms with Gasteiger partial charge in [-0.05, 0) is 53.8 Å². The molecule has 1 rings (SSSR count). The molecule has 0 aromatic heterocycles. The van der Waals surface area contributed by atoms with Crippen molar-refractivity contribution in [3.8, 4) is 0 Å². The second-order valence-corrected chi connectivity index (χ2v) is 6.49. The van der Waals surface area contributed by atoms with Gasteiger partial charge in [-0.2, -0.15) is 0 Å². The molecule has 1 atom stereocenters. The topological polar surface area (TPSA) is 34.1 Å².